The molecule has 0 heterocycles. The Labute approximate surface area is 189 Å². The van der Waals surface area contributed by atoms with Gasteiger partial charge in [0.25, 0.3) is 0 Å². The van der Waals surface area contributed by atoms with E-state index in [4.69, 9.17) is 8.74 Å². The first-order chi connectivity index (χ1) is 12.5. The average molecular weight is 422 g/mol. The number of rotatable bonds is 3. The number of aliphatic carboxylic acids is 1. The molecule has 7 atom stereocenters. The standard InChI is InChI=1S/C20H30O6S.Na/c1-19-9-7-13(26-27(23,24)25)11-12(19)3-4-14-15-5-6-17(18(21)22)20(15,2)10-8-16(14)19;/h3,13-17H,4-11H2,1-2H3,(H,21,22)(H,23,24,25);/t13?,14?,15?,16?,17-,19+,20+;/m1./s1. The van der Waals surface area contributed by atoms with E-state index in [9.17, 15) is 18.3 Å². The minimum absolute atomic E-state index is 0. The average Bonchev–Trinajstić information content (AvgIpc) is 2.91. The van der Waals surface area contributed by atoms with E-state index in [2.05, 4.69) is 19.9 Å². The molecule has 6 nitrogen and oxygen atoms in total. The Hall–Kier alpha value is 0.0800. The molecule has 2 N–H and O–H groups in total. The van der Waals surface area contributed by atoms with Crippen molar-refractivity contribution in [2.24, 2.45) is 34.5 Å². The van der Waals surface area contributed by atoms with Crippen molar-refractivity contribution in [3.05, 3.63) is 11.6 Å². The van der Waals surface area contributed by atoms with Crippen LogP contribution in [0.2, 0.25) is 0 Å². The Bertz CT molecular complexity index is 780. The van der Waals surface area contributed by atoms with Gasteiger partial charge >= 0.3 is 16.4 Å². The van der Waals surface area contributed by atoms with Gasteiger partial charge in [-0.2, -0.15) is 8.42 Å². The molecular formula is C20H30NaO6S. The minimum atomic E-state index is -4.42. The van der Waals surface area contributed by atoms with Gasteiger partial charge in [-0.3, -0.25) is 9.35 Å². The molecule has 0 aromatic heterocycles. The molecule has 4 rings (SSSR count). The Morgan fingerprint density at radius 3 is 2.50 bits per heavy atom. The Morgan fingerprint density at radius 1 is 1.14 bits per heavy atom. The van der Waals surface area contributed by atoms with E-state index in [1.807, 2.05) is 0 Å². The van der Waals surface area contributed by atoms with Gasteiger partial charge in [-0.15, -0.1) is 0 Å². The molecule has 28 heavy (non-hydrogen) atoms. The fourth-order valence-electron chi connectivity index (χ4n) is 7.29. The van der Waals surface area contributed by atoms with Crippen LogP contribution in [0.1, 0.15) is 65.2 Å². The van der Waals surface area contributed by atoms with Gasteiger partial charge < -0.3 is 5.11 Å². The molecule has 3 saturated carbocycles. The van der Waals surface area contributed by atoms with Crippen molar-refractivity contribution in [1.29, 1.82) is 0 Å². The van der Waals surface area contributed by atoms with E-state index in [0.717, 1.165) is 38.5 Å². The molecule has 0 aromatic rings. The molecule has 0 bridgehead atoms. The van der Waals surface area contributed by atoms with E-state index in [-0.39, 0.29) is 46.3 Å². The molecule has 8 heteroatoms. The van der Waals surface area contributed by atoms with Crippen molar-refractivity contribution in [3.8, 4) is 0 Å². The van der Waals surface area contributed by atoms with E-state index in [0.29, 0.717) is 30.6 Å². The summed E-state index contributed by atoms with van der Waals surface area (Å²) in [6, 6.07) is 0. The molecule has 4 unspecified atom stereocenters. The van der Waals surface area contributed by atoms with Gasteiger partial charge in [0, 0.05) is 29.6 Å². The second-order valence-electron chi connectivity index (χ2n) is 9.66. The number of hydrogen-bond donors (Lipinski definition) is 2. The van der Waals surface area contributed by atoms with Crippen LogP contribution < -0.4 is 0 Å². The fourth-order valence-corrected chi connectivity index (χ4v) is 7.80. The van der Waals surface area contributed by atoms with Crippen LogP contribution in [0.3, 0.4) is 0 Å². The summed E-state index contributed by atoms with van der Waals surface area (Å²) in [5, 5.41) is 9.68. The maximum absolute atomic E-state index is 11.8. The van der Waals surface area contributed by atoms with Crippen LogP contribution in [0, 0.1) is 34.5 Å². The normalized spacial score (nSPS) is 45.1. The third-order valence-electron chi connectivity index (χ3n) is 8.61. The number of carboxylic acid groups (broad SMARTS) is 1. The van der Waals surface area contributed by atoms with Crippen molar-refractivity contribution >= 4 is 45.9 Å². The SMILES string of the molecule is C[C@]12CCC(OS(=O)(=O)O)CC1=CCC1C2CC[C@@]2(C)C1CC[C@@H]2C(=O)O.[Na]. The van der Waals surface area contributed by atoms with Gasteiger partial charge in [0.2, 0.25) is 0 Å². The maximum Gasteiger partial charge on any atom is 0.397 e. The maximum atomic E-state index is 11.8. The zero-order chi connectivity index (χ0) is 19.6. The second kappa shape index (κ2) is 7.65. The number of hydrogen-bond acceptors (Lipinski definition) is 4. The summed E-state index contributed by atoms with van der Waals surface area (Å²) >= 11 is 0. The van der Waals surface area contributed by atoms with Gasteiger partial charge in [0.1, 0.15) is 0 Å². The van der Waals surface area contributed by atoms with Gasteiger partial charge in [-0.05, 0) is 80.0 Å². The van der Waals surface area contributed by atoms with Crippen molar-refractivity contribution in [2.75, 3.05) is 0 Å². The summed E-state index contributed by atoms with van der Waals surface area (Å²) in [5.41, 5.74) is 1.20. The zero-order valence-electron chi connectivity index (χ0n) is 17.1. The molecule has 3 fully saturated rings. The number of fused-ring (bicyclic) bond motifs is 5. The first kappa shape index (κ1) is 22.8. The van der Waals surface area contributed by atoms with E-state index in [1.165, 1.54) is 5.57 Å². The summed E-state index contributed by atoms with van der Waals surface area (Å²) in [6.45, 7) is 4.49. The van der Waals surface area contributed by atoms with Crippen molar-refractivity contribution < 1.29 is 27.1 Å². The number of carboxylic acids is 1. The predicted molar refractivity (Wildman–Crippen MR) is 105 cm³/mol. The molecule has 0 spiro atoms. The van der Waals surface area contributed by atoms with Gasteiger partial charge in [0.05, 0.1) is 12.0 Å². The number of carbonyl (C=O) groups is 1. The first-order valence-corrected chi connectivity index (χ1v) is 11.5. The molecule has 4 aliphatic carbocycles. The monoisotopic (exact) mass is 421 g/mol. The summed E-state index contributed by atoms with van der Waals surface area (Å²) in [4.78, 5) is 11.8. The molecule has 4 aliphatic rings. The zero-order valence-corrected chi connectivity index (χ0v) is 19.9. The smallest absolute Gasteiger partial charge is 0.397 e. The van der Waals surface area contributed by atoms with Crippen LogP contribution in [-0.2, 0) is 19.4 Å². The van der Waals surface area contributed by atoms with E-state index in [1.54, 1.807) is 0 Å². The van der Waals surface area contributed by atoms with Crippen LogP contribution in [-0.4, -0.2) is 59.7 Å². The summed E-state index contributed by atoms with van der Waals surface area (Å²) < 4.78 is 36.0. The first-order valence-electron chi connectivity index (χ1n) is 10.1. The topological polar surface area (TPSA) is 101 Å². The third kappa shape index (κ3) is 3.65. The van der Waals surface area contributed by atoms with Crippen molar-refractivity contribution in [1.82, 2.24) is 0 Å². The Kier molecular flexibility index (Phi) is 6.21. The molecule has 1 radical (unpaired) electrons. The van der Waals surface area contributed by atoms with Crippen LogP contribution in [0.5, 0.6) is 0 Å². The van der Waals surface area contributed by atoms with Gasteiger partial charge in [-0.25, -0.2) is 4.18 Å². The van der Waals surface area contributed by atoms with Crippen molar-refractivity contribution in [2.45, 2.75) is 71.3 Å². The molecule has 0 amide bonds. The van der Waals surface area contributed by atoms with E-state index < -0.39 is 22.5 Å². The van der Waals surface area contributed by atoms with E-state index >= 15 is 0 Å². The molecule has 153 valence electrons. The third-order valence-corrected chi connectivity index (χ3v) is 9.13. The molecular weight excluding hydrogens is 391 g/mol. The van der Waals surface area contributed by atoms with Crippen molar-refractivity contribution in [3.63, 3.8) is 0 Å². The Morgan fingerprint density at radius 2 is 1.86 bits per heavy atom. The van der Waals surface area contributed by atoms with Gasteiger partial charge in [-0.1, -0.05) is 25.5 Å². The van der Waals surface area contributed by atoms with Crippen LogP contribution in [0.15, 0.2) is 11.6 Å². The summed E-state index contributed by atoms with van der Waals surface area (Å²) in [6.07, 6.45) is 8.55. The molecule has 0 aromatic carbocycles. The predicted octanol–water partition coefficient (Wildman–Crippen LogP) is 3.46. The molecule has 0 saturated heterocycles. The fraction of sp³-hybridized carbons (Fsp3) is 0.850. The quantitative estimate of drug-likeness (QED) is 0.411. The Balaban J connectivity index is 0.00000225. The summed E-state index contributed by atoms with van der Waals surface area (Å²) in [7, 11) is -4.42. The second-order valence-corrected chi connectivity index (χ2v) is 10.7. The molecule has 0 aliphatic heterocycles. The van der Waals surface area contributed by atoms with Crippen LogP contribution in [0.4, 0.5) is 0 Å². The van der Waals surface area contributed by atoms with Gasteiger partial charge in [0.15, 0.2) is 0 Å². The summed E-state index contributed by atoms with van der Waals surface area (Å²) in [5.74, 6) is 0.634. The largest absolute Gasteiger partial charge is 0.481 e. The minimum Gasteiger partial charge on any atom is -0.481 e. The number of allylic oxidation sites excluding steroid dienone is 1. The van der Waals surface area contributed by atoms with Crippen LogP contribution >= 0.6 is 0 Å². The van der Waals surface area contributed by atoms with Crippen LogP contribution in [0.25, 0.3) is 0 Å².